The second kappa shape index (κ2) is 9.10. The Kier molecular flexibility index (Phi) is 7.12. The zero-order valence-corrected chi connectivity index (χ0v) is 16.3. The molecule has 2 N–H and O–H groups in total. The summed E-state index contributed by atoms with van der Waals surface area (Å²) in [5.74, 6) is -0.0568. The van der Waals surface area contributed by atoms with E-state index in [1.54, 1.807) is 0 Å². The zero-order chi connectivity index (χ0) is 19.3. The highest BCUT2D eigenvalue weighted by Crippen LogP contribution is 2.37. The van der Waals surface area contributed by atoms with Gasteiger partial charge in [-0.25, -0.2) is 4.79 Å². The lowest BCUT2D eigenvalue weighted by Gasteiger charge is -2.09. The lowest BCUT2D eigenvalue weighted by molar-refractivity contribution is 0.251. The molecule has 0 unspecified atom stereocenters. The Morgan fingerprint density at radius 2 is 2.08 bits per heavy atom. The van der Waals surface area contributed by atoms with Crippen molar-refractivity contribution in [3.05, 3.63) is 32.9 Å². The quantitative estimate of drug-likeness (QED) is 0.542. The van der Waals surface area contributed by atoms with Crippen LogP contribution in [-0.2, 0) is 0 Å². The van der Waals surface area contributed by atoms with Crippen molar-refractivity contribution in [1.82, 2.24) is 15.2 Å². The summed E-state index contributed by atoms with van der Waals surface area (Å²) in [6.45, 7) is 1.31. The normalized spacial score (nSPS) is 10.7. The Balaban J connectivity index is 2.14. The summed E-state index contributed by atoms with van der Waals surface area (Å²) >= 11 is 18.1. The molecule has 10 heteroatoms. The molecule has 2 rings (SSSR count). The van der Waals surface area contributed by atoms with Gasteiger partial charge in [-0.15, -0.1) is 0 Å². The third-order valence-corrected chi connectivity index (χ3v) is 4.27. The van der Waals surface area contributed by atoms with Gasteiger partial charge in [0, 0.05) is 11.6 Å². The molecule has 0 aliphatic carbocycles. The Hall–Kier alpha value is -1.98. The molecule has 2 amide bonds. The van der Waals surface area contributed by atoms with Crippen LogP contribution in [0.3, 0.4) is 0 Å². The number of hydrogen-bond donors (Lipinski definition) is 2. The zero-order valence-electron chi connectivity index (χ0n) is 14.1. The van der Waals surface area contributed by atoms with Gasteiger partial charge in [-0.05, 0) is 39.2 Å². The van der Waals surface area contributed by atoms with Gasteiger partial charge in [-0.2, -0.15) is 10.2 Å². The monoisotopic (exact) mass is 415 g/mol. The van der Waals surface area contributed by atoms with Crippen LogP contribution in [0, 0.1) is 11.3 Å². The smallest absolute Gasteiger partial charge is 0.321 e. The fourth-order valence-corrected chi connectivity index (χ4v) is 2.74. The van der Waals surface area contributed by atoms with E-state index < -0.39 is 6.03 Å². The van der Waals surface area contributed by atoms with Gasteiger partial charge in [0.25, 0.3) is 0 Å². The predicted octanol–water partition coefficient (Wildman–Crippen LogP) is 4.25. The Morgan fingerprint density at radius 3 is 2.73 bits per heavy atom. The number of aromatic nitrogens is 1. The number of nitrogens with one attached hydrogen (secondary N) is 2. The summed E-state index contributed by atoms with van der Waals surface area (Å²) < 4.78 is 5.48. The highest BCUT2D eigenvalue weighted by molar-refractivity contribution is 6.44. The summed E-state index contributed by atoms with van der Waals surface area (Å²) in [6.07, 6.45) is 0.782. The Bertz CT molecular complexity index is 845. The van der Waals surface area contributed by atoms with Gasteiger partial charge in [-0.3, -0.25) is 5.32 Å². The van der Waals surface area contributed by atoms with Crippen LogP contribution in [0.2, 0.25) is 15.1 Å². The molecule has 0 fully saturated rings. The topological polar surface area (TPSA) is 94.2 Å². The van der Waals surface area contributed by atoms with Gasteiger partial charge in [0.1, 0.15) is 6.07 Å². The Labute approximate surface area is 165 Å². The van der Waals surface area contributed by atoms with Crippen molar-refractivity contribution < 1.29 is 9.21 Å². The summed E-state index contributed by atoms with van der Waals surface area (Å²) in [7, 11) is 3.89. The lowest BCUT2D eigenvalue weighted by Crippen LogP contribution is -2.31. The number of nitrogens with zero attached hydrogens (tertiary/aromatic N) is 3. The standard InChI is InChI=1S/C16H16Cl3N5O2/c1-24(2)5-3-4-21-16(25)23-15-12(8-20)22-14(26-15)10-6-9(17)7-11(18)13(10)19/h6-7H,3-5H2,1-2H3,(H2,21,23,25). The van der Waals surface area contributed by atoms with E-state index in [-0.39, 0.29) is 27.5 Å². The molecule has 26 heavy (non-hydrogen) atoms. The van der Waals surface area contributed by atoms with Crippen LogP contribution in [0.1, 0.15) is 12.1 Å². The fourth-order valence-electron chi connectivity index (χ4n) is 2.05. The number of urea groups is 1. The maximum atomic E-state index is 11.9. The van der Waals surface area contributed by atoms with Crippen LogP contribution in [0.4, 0.5) is 10.7 Å². The molecule has 0 atom stereocenters. The number of halogens is 3. The Morgan fingerprint density at radius 1 is 1.35 bits per heavy atom. The number of amides is 2. The molecule has 0 spiro atoms. The van der Waals surface area contributed by atoms with E-state index in [9.17, 15) is 10.1 Å². The molecular formula is C16H16Cl3N5O2. The van der Waals surface area contributed by atoms with E-state index in [0.29, 0.717) is 17.1 Å². The van der Waals surface area contributed by atoms with E-state index >= 15 is 0 Å². The van der Waals surface area contributed by atoms with Crippen molar-refractivity contribution >= 4 is 46.7 Å². The van der Waals surface area contributed by atoms with Crippen LogP contribution in [0.5, 0.6) is 0 Å². The van der Waals surface area contributed by atoms with Crippen molar-refractivity contribution in [2.24, 2.45) is 0 Å². The van der Waals surface area contributed by atoms with Gasteiger partial charge >= 0.3 is 6.03 Å². The molecular weight excluding hydrogens is 401 g/mol. The minimum absolute atomic E-state index is 0.0267. The largest absolute Gasteiger partial charge is 0.419 e. The highest BCUT2D eigenvalue weighted by atomic mass is 35.5. The second-order valence-corrected chi connectivity index (χ2v) is 6.82. The van der Waals surface area contributed by atoms with Gasteiger partial charge in [-0.1, -0.05) is 34.8 Å². The van der Waals surface area contributed by atoms with Gasteiger partial charge in [0.2, 0.25) is 17.5 Å². The fraction of sp³-hybridized carbons (Fsp3) is 0.312. The molecule has 1 heterocycles. The number of carbonyl (C=O) groups is 1. The molecule has 138 valence electrons. The predicted molar refractivity (Wildman–Crippen MR) is 102 cm³/mol. The second-order valence-electron chi connectivity index (χ2n) is 5.60. The number of carbonyl (C=O) groups excluding carboxylic acids is 1. The molecule has 0 bridgehead atoms. The first kappa shape index (κ1) is 20.3. The molecule has 1 aromatic carbocycles. The van der Waals surface area contributed by atoms with Crippen molar-refractivity contribution in [2.75, 3.05) is 32.5 Å². The molecule has 0 aliphatic heterocycles. The molecule has 0 aliphatic rings. The van der Waals surface area contributed by atoms with Crippen LogP contribution >= 0.6 is 34.8 Å². The number of hydrogen-bond acceptors (Lipinski definition) is 5. The number of anilines is 1. The number of rotatable bonds is 6. The SMILES string of the molecule is CN(C)CCCNC(=O)Nc1oc(-c2cc(Cl)cc(Cl)c2Cl)nc1C#N. The van der Waals surface area contributed by atoms with Crippen molar-refractivity contribution in [2.45, 2.75) is 6.42 Å². The molecule has 0 saturated heterocycles. The maximum absolute atomic E-state index is 11.9. The lowest BCUT2D eigenvalue weighted by atomic mass is 10.2. The molecule has 2 aromatic rings. The van der Waals surface area contributed by atoms with Gasteiger partial charge in [0.05, 0.1) is 15.6 Å². The molecule has 0 saturated carbocycles. The first-order chi connectivity index (χ1) is 12.3. The minimum atomic E-state index is -0.502. The molecule has 0 radical (unpaired) electrons. The van der Waals surface area contributed by atoms with E-state index in [1.165, 1.54) is 12.1 Å². The van der Waals surface area contributed by atoms with E-state index in [2.05, 4.69) is 15.6 Å². The van der Waals surface area contributed by atoms with Crippen molar-refractivity contribution in [1.29, 1.82) is 5.26 Å². The van der Waals surface area contributed by atoms with Crippen LogP contribution in [0.15, 0.2) is 16.5 Å². The van der Waals surface area contributed by atoms with Crippen molar-refractivity contribution in [3.63, 3.8) is 0 Å². The van der Waals surface area contributed by atoms with Crippen LogP contribution in [0.25, 0.3) is 11.5 Å². The average Bonchev–Trinajstić information content (AvgIpc) is 2.97. The van der Waals surface area contributed by atoms with E-state index in [4.69, 9.17) is 39.2 Å². The minimum Gasteiger partial charge on any atom is -0.419 e. The van der Waals surface area contributed by atoms with Crippen LogP contribution < -0.4 is 10.6 Å². The van der Waals surface area contributed by atoms with Crippen LogP contribution in [-0.4, -0.2) is 43.1 Å². The summed E-state index contributed by atoms with van der Waals surface area (Å²) in [5, 5.41) is 15.1. The number of benzene rings is 1. The van der Waals surface area contributed by atoms with E-state index in [1.807, 2.05) is 25.1 Å². The first-order valence-electron chi connectivity index (χ1n) is 7.57. The van der Waals surface area contributed by atoms with E-state index in [0.717, 1.165) is 13.0 Å². The summed E-state index contributed by atoms with van der Waals surface area (Å²) in [5.41, 5.74) is 0.232. The number of nitriles is 1. The van der Waals surface area contributed by atoms with Gasteiger partial charge in [0.15, 0.2) is 0 Å². The molecule has 1 aromatic heterocycles. The average molecular weight is 417 g/mol. The first-order valence-corrected chi connectivity index (χ1v) is 8.70. The highest BCUT2D eigenvalue weighted by Gasteiger charge is 2.20. The third-order valence-electron chi connectivity index (χ3n) is 3.25. The van der Waals surface area contributed by atoms with Gasteiger partial charge < -0.3 is 14.6 Å². The molecule has 7 nitrogen and oxygen atoms in total. The third kappa shape index (κ3) is 5.26. The number of oxazole rings is 1. The summed E-state index contributed by atoms with van der Waals surface area (Å²) in [4.78, 5) is 18.0. The maximum Gasteiger partial charge on any atom is 0.321 e. The van der Waals surface area contributed by atoms with Crippen molar-refractivity contribution in [3.8, 4) is 17.5 Å². The summed E-state index contributed by atoms with van der Waals surface area (Å²) in [6, 6.07) is 4.34.